The van der Waals surface area contributed by atoms with Crippen molar-refractivity contribution in [3.8, 4) is 0 Å². The van der Waals surface area contributed by atoms with Crippen molar-refractivity contribution in [2.45, 2.75) is 82.5 Å². The van der Waals surface area contributed by atoms with Gasteiger partial charge in [0.15, 0.2) is 5.96 Å². The Morgan fingerprint density at radius 1 is 0.743 bits per heavy atom. The van der Waals surface area contributed by atoms with Crippen molar-refractivity contribution in [1.29, 1.82) is 0 Å². The van der Waals surface area contributed by atoms with E-state index in [9.17, 15) is 24.3 Å². The quantitative estimate of drug-likeness (QED) is 0.0497. The van der Waals surface area contributed by atoms with Gasteiger partial charge in [0.1, 0.15) is 18.1 Å². The molecule has 4 atom stereocenters. The number of carbonyl (C=O) groups is 4. The molecule has 202 valence electrons. The van der Waals surface area contributed by atoms with Crippen LogP contribution in [-0.4, -0.2) is 78.6 Å². The topological polar surface area (TPSA) is 267 Å². The standard InChI is InChI=1S/C21H43N9O5/c1-13(24)17(31)28-14(7-2-4-10-22)18(32)29-15(9-6-12-27-21(25)26)19(33)30-16(20(34)35)8-3-5-11-23/h13-16H,2-12,22-24H2,1H3,(H,28,31)(H,29,32)(H,30,33)(H,34,35)(H4,25,26,27). The second kappa shape index (κ2) is 18.4. The lowest BCUT2D eigenvalue weighted by Gasteiger charge is -2.25. The van der Waals surface area contributed by atoms with Crippen LogP contribution in [0.3, 0.4) is 0 Å². The Morgan fingerprint density at radius 3 is 1.60 bits per heavy atom. The molecular formula is C21H43N9O5. The van der Waals surface area contributed by atoms with E-state index >= 15 is 0 Å². The van der Waals surface area contributed by atoms with Crippen LogP contribution in [0.1, 0.15) is 58.3 Å². The molecule has 0 aliphatic carbocycles. The van der Waals surface area contributed by atoms with Crippen LogP contribution in [0, 0.1) is 0 Å². The fourth-order valence-corrected chi connectivity index (χ4v) is 3.13. The number of hydrogen-bond acceptors (Lipinski definition) is 8. The minimum Gasteiger partial charge on any atom is -0.480 e. The third kappa shape index (κ3) is 14.8. The zero-order chi connectivity index (χ0) is 26.8. The van der Waals surface area contributed by atoms with E-state index in [4.69, 9.17) is 28.7 Å². The molecule has 0 spiro atoms. The molecular weight excluding hydrogens is 458 g/mol. The summed E-state index contributed by atoms with van der Waals surface area (Å²) in [4.78, 5) is 53.5. The molecule has 0 aromatic rings. The molecule has 0 bridgehead atoms. The van der Waals surface area contributed by atoms with Gasteiger partial charge in [-0.25, -0.2) is 4.79 Å². The lowest BCUT2D eigenvalue weighted by atomic mass is 10.0. The van der Waals surface area contributed by atoms with Crippen LogP contribution in [-0.2, 0) is 19.2 Å². The minimum absolute atomic E-state index is 0.112. The maximum absolute atomic E-state index is 13.0. The average Bonchev–Trinajstić information content (AvgIpc) is 2.79. The second-order valence-electron chi connectivity index (χ2n) is 8.33. The molecule has 35 heavy (non-hydrogen) atoms. The van der Waals surface area contributed by atoms with Crippen molar-refractivity contribution in [3.05, 3.63) is 0 Å². The molecule has 0 aromatic carbocycles. The van der Waals surface area contributed by atoms with Crippen LogP contribution >= 0.6 is 0 Å². The Morgan fingerprint density at radius 2 is 1.17 bits per heavy atom. The first kappa shape index (κ1) is 32.0. The largest absolute Gasteiger partial charge is 0.480 e. The van der Waals surface area contributed by atoms with Gasteiger partial charge in [-0.15, -0.1) is 0 Å². The van der Waals surface area contributed by atoms with E-state index in [0.717, 1.165) is 0 Å². The molecule has 3 amide bonds. The highest BCUT2D eigenvalue weighted by molar-refractivity contribution is 5.94. The number of carboxylic acids is 1. The average molecular weight is 502 g/mol. The van der Waals surface area contributed by atoms with E-state index < -0.39 is 47.9 Å². The highest BCUT2D eigenvalue weighted by Gasteiger charge is 2.29. The number of aliphatic carboxylic acids is 1. The number of nitrogens with two attached hydrogens (primary N) is 5. The first-order valence-electron chi connectivity index (χ1n) is 11.9. The molecule has 0 rings (SSSR count). The number of amides is 3. The normalized spacial score (nSPS) is 14.2. The first-order chi connectivity index (χ1) is 16.5. The summed E-state index contributed by atoms with van der Waals surface area (Å²) in [6.07, 6.45) is 3.30. The van der Waals surface area contributed by atoms with E-state index in [2.05, 4.69) is 20.9 Å². The van der Waals surface area contributed by atoms with Crippen LogP contribution in [0.25, 0.3) is 0 Å². The summed E-state index contributed by atoms with van der Waals surface area (Å²) < 4.78 is 0. The highest BCUT2D eigenvalue weighted by atomic mass is 16.4. The maximum atomic E-state index is 13.0. The van der Waals surface area contributed by atoms with Crippen LogP contribution in [0.15, 0.2) is 4.99 Å². The Bertz CT molecular complexity index is 699. The summed E-state index contributed by atoms with van der Waals surface area (Å²) in [5.41, 5.74) is 27.2. The number of carboxylic acid groups (broad SMARTS) is 1. The Labute approximate surface area is 206 Å². The van der Waals surface area contributed by atoms with Gasteiger partial charge < -0.3 is 49.7 Å². The van der Waals surface area contributed by atoms with Gasteiger partial charge in [0.05, 0.1) is 6.04 Å². The summed E-state index contributed by atoms with van der Waals surface area (Å²) in [5.74, 6) is -3.07. The molecule has 14 nitrogen and oxygen atoms in total. The summed E-state index contributed by atoms with van der Waals surface area (Å²) in [7, 11) is 0. The molecule has 0 fully saturated rings. The lowest BCUT2D eigenvalue weighted by molar-refractivity contribution is -0.142. The van der Waals surface area contributed by atoms with Gasteiger partial charge in [0.2, 0.25) is 17.7 Å². The molecule has 14 heteroatoms. The number of rotatable bonds is 19. The zero-order valence-corrected chi connectivity index (χ0v) is 20.5. The van der Waals surface area contributed by atoms with Crippen molar-refractivity contribution < 1.29 is 24.3 Å². The van der Waals surface area contributed by atoms with Gasteiger partial charge in [-0.05, 0) is 71.4 Å². The van der Waals surface area contributed by atoms with Crippen LogP contribution in [0.5, 0.6) is 0 Å². The van der Waals surface area contributed by atoms with Gasteiger partial charge in [0, 0.05) is 6.54 Å². The van der Waals surface area contributed by atoms with Gasteiger partial charge in [-0.2, -0.15) is 0 Å². The van der Waals surface area contributed by atoms with E-state index in [1.54, 1.807) is 0 Å². The van der Waals surface area contributed by atoms with Crippen molar-refractivity contribution in [1.82, 2.24) is 16.0 Å². The number of aliphatic imine (C=N–C) groups is 1. The smallest absolute Gasteiger partial charge is 0.326 e. The third-order valence-electron chi connectivity index (χ3n) is 5.13. The molecule has 0 heterocycles. The lowest BCUT2D eigenvalue weighted by Crippen LogP contribution is -2.56. The number of nitrogens with one attached hydrogen (secondary N) is 3. The fourth-order valence-electron chi connectivity index (χ4n) is 3.13. The summed E-state index contributed by atoms with van der Waals surface area (Å²) in [5, 5.41) is 17.2. The summed E-state index contributed by atoms with van der Waals surface area (Å²) in [6, 6.07) is -3.97. The fraction of sp³-hybridized carbons (Fsp3) is 0.762. The van der Waals surface area contributed by atoms with Gasteiger partial charge in [-0.1, -0.05) is 0 Å². The predicted octanol–water partition coefficient (Wildman–Crippen LogP) is -2.82. The monoisotopic (exact) mass is 501 g/mol. The van der Waals surface area contributed by atoms with Gasteiger partial charge in [0.25, 0.3) is 0 Å². The number of hydrogen-bond donors (Lipinski definition) is 9. The van der Waals surface area contributed by atoms with E-state index in [-0.39, 0.29) is 25.3 Å². The van der Waals surface area contributed by atoms with E-state index in [1.807, 2.05) is 0 Å². The van der Waals surface area contributed by atoms with Crippen LogP contribution in [0.4, 0.5) is 0 Å². The molecule has 0 saturated heterocycles. The van der Waals surface area contributed by atoms with Crippen molar-refractivity contribution >= 4 is 29.7 Å². The highest BCUT2D eigenvalue weighted by Crippen LogP contribution is 2.07. The zero-order valence-electron chi connectivity index (χ0n) is 20.5. The predicted molar refractivity (Wildman–Crippen MR) is 133 cm³/mol. The first-order valence-corrected chi connectivity index (χ1v) is 11.9. The van der Waals surface area contributed by atoms with Crippen molar-refractivity contribution in [2.75, 3.05) is 19.6 Å². The van der Waals surface area contributed by atoms with Gasteiger partial charge >= 0.3 is 5.97 Å². The van der Waals surface area contributed by atoms with Gasteiger partial charge in [-0.3, -0.25) is 19.4 Å². The molecule has 0 radical (unpaired) electrons. The molecule has 0 saturated carbocycles. The van der Waals surface area contributed by atoms with Crippen LogP contribution < -0.4 is 44.6 Å². The third-order valence-corrected chi connectivity index (χ3v) is 5.13. The van der Waals surface area contributed by atoms with Crippen molar-refractivity contribution in [3.63, 3.8) is 0 Å². The molecule has 0 aliphatic rings. The minimum atomic E-state index is -1.19. The molecule has 4 unspecified atom stereocenters. The number of carbonyl (C=O) groups excluding carboxylic acids is 3. The second-order valence-corrected chi connectivity index (χ2v) is 8.33. The summed E-state index contributed by atoms with van der Waals surface area (Å²) in [6.45, 7) is 2.53. The number of unbranched alkanes of at least 4 members (excludes halogenated alkanes) is 2. The Balaban J connectivity index is 5.50. The molecule has 0 aliphatic heterocycles. The van der Waals surface area contributed by atoms with Crippen molar-refractivity contribution in [2.24, 2.45) is 33.7 Å². The van der Waals surface area contributed by atoms with E-state index in [0.29, 0.717) is 51.6 Å². The van der Waals surface area contributed by atoms with Crippen LogP contribution in [0.2, 0.25) is 0 Å². The number of nitrogens with zero attached hydrogens (tertiary/aromatic N) is 1. The maximum Gasteiger partial charge on any atom is 0.326 e. The Hall–Kier alpha value is -2.97. The molecule has 14 N–H and O–H groups in total. The number of guanidine groups is 1. The SMILES string of the molecule is CC(N)C(=O)NC(CCCCN)C(=O)NC(CCCN=C(N)N)C(=O)NC(CCCCN)C(=O)O. The Kier molecular flexibility index (Phi) is 16.8. The van der Waals surface area contributed by atoms with E-state index in [1.165, 1.54) is 6.92 Å². The molecule has 0 aromatic heterocycles. The summed E-state index contributed by atoms with van der Waals surface area (Å²) >= 11 is 0.